The molecule has 0 fully saturated rings. The van der Waals surface area contributed by atoms with Crippen molar-refractivity contribution in [2.75, 3.05) is 0 Å². The van der Waals surface area contributed by atoms with Crippen molar-refractivity contribution in [2.24, 2.45) is 0 Å². The monoisotopic (exact) mass is 171 g/mol. The predicted octanol–water partition coefficient (Wildman–Crippen LogP) is 2.66. The number of hydrogen-bond donors (Lipinski definition) is 0. The highest BCUT2D eigenvalue weighted by Crippen LogP contribution is 2.22. The Morgan fingerprint density at radius 2 is 1.83 bits per heavy atom. The minimum Gasteiger partial charge on any atom is -0.255 e. The molecule has 0 atom stereocenters. The molecule has 66 valence electrons. The van der Waals surface area contributed by atoms with Crippen LogP contribution < -0.4 is 0 Å². The number of aromatic nitrogens is 1. The van der Waals surface area contributed by atoms with Crippen LogP contribution in [0.4, 0.5) is 8.78 Å². The molecule has 0 radical (unpaired) electrons. The van der Waals surface area contributed by atoms with Crippen LogP contribution in [0.2, 0.25) is 0 Å². The van der Waals surface area contributed by atoms with E-state index in [1.54, 1.807) is 0 Å². The third kappa shape index (κ3) is 1.78. The summed E-state index contributed by atoms with van der Waals surface area (Å²) < 4.78 is 25.5. The van der Waals surface area contributed by atoms with Crippen molar-refractivity contribution in [2.45, 2.75) is 26.2 Å². The van der Waals surface area contributed by atoms with E-state index in [2.05, 4.69) is 4.98 Å². The molecule has 0 bridgehead atoms. The normalized spacial score (nSPS) is 11.8. The van der Waals surface area contributed by atoms with E-state index in [9.17, 15) is 8.78 Å². The van der Waals surface area contributed by atoms with Crippen LogP contribution in [0.1, 0.15) is 26.5 Å². The zero-order chi connectivity index (χ0) is 9.35. The minimum atomic E-state index is -0.638. The van der Waals surface area contributed by atoms with Crippen LogP contribution in [0.5, 0.6) is 0 Å². The van der Waals surface area contributed by atoms with Gasteiger partial charge < -0.3 is 0 Å². The van der Waals surface area contributed by atoms with Crippen LogP contribution in [0.25, 0.3) is 0 Å². The lowest BCUT2D eigenvalue weighted by atomic mass is 9.91. The van der Waals surface area contributed by atoms with Gasteiger partial charge in [0, 0.05) is 11.5 Å². The summed E-state index contributed by atoms with van der Waals surface area (Å²) in [7, 11) is 0. The number of hydrogen-bond acceptors (Lipinski definition) is 1. The zero-order valence-electron chi connectivity index (χ0n) is 7.36. The summed E-state index contributed by atoms with van der Waals surface area (Å²) in [5, 5.41) is 0. The van der Waals surface area contributed by atoms with Gasteiger partial charge in [-0.3, -0.25) is 4.98 Å². The molecule has 1 nitrogen and oxygen atoms in total. The molecule has 1 aromatic heterocycles. The van der Waals surface area contributed by atoms with E-state index in [4.69, 9.17) is 0 Å². The van der Waals surface area contributed by atoms with Gasteiger partial charge in [0.1, 0.15) is 11.6 Å². The molecule has 1 heterocycles. The molecule has 0 aliphatic heterocycles. The van der Waals surface area contributed by atoms with Crippen LogP contribution >= 0.6 is 0 Å². The topological polar surface area (TPSA) is 12.9 Å². The maximum absolute atomic E-state index is 13.0. The Kier molecular flexibility index (Phi) is 2.13. The molecular formula is C9H11F2N. The predicted molar refractivity (Wildman–Crippen MR) is 42.9 cm³/mol. The summed E-state index contributed by atoms with van der Waals surface area (Å²) in [5.74, 6) is -1.22. The molecule has 12 heavy (non-hydrogen) atoms. The fourth-order valence-corrected chi connectivity index (χ4v) is 0.966. The van der Waals surface area contributed by atoms with Crippen molar-refractivity contribution in [1.29, 1.82) is 0 Å². The number of rotatable bonds is 0. The average Bonchev–Trinajstić information content (AvgIpc) is 1.83. The summed E-state index contributed by atoms with van der Waals surface area (Å²) in [4.78, 5) is 3.70. The van der Waals surface area contributed by atoms with E-state index in [1.807, 2.05) is 20.8 Å². The molecule has 0 spiro atoms. The molecule has 0 saturated heterocycles. The highest BCUT2D eigenvalue weighted by molar-refractivity contribution is 5.16. The lowest BCUT2D eigenvalue weighted by Gasteiger charge is -2.17. The lowest BCUT2D eigenvalue weighted by Crippen LogP contribution is -2.16. The summed E-state index contributed by atoms with van der Waals surface area (Å²) in [6.45, 7) is 5.49. The van der Waals surface area contributed by atoms with Crippen LogP contribution in [0, 0.1) is 11.6 Å². The highest BCUT2D eigenvalue weighted by Gasteiger charge is 2.20. The van der Waals surface area contributed by atoms with E-state index >= 15 is 0 Å². The minimum absolute atomic E-state index is 0.295. The van der Waals surface area contributed by atoms with Crippen molar-refractivity contribution in [3.63, 3.8) is 0 Å². The smallest absolute Gasteiger partial charge is 0.148 e. The lowest BCUT2D eigenvalue weighted by molar-refractivity contribution is 0.489. The summed E-state index contributed by atoms with van der Waals surface area (Å²) in [6, 6.07) is 0.855. The first-order valence-corrected chi connectivity index (χ1v) is 3.73. The fourth-order valence-electron chi connectivity index (χ4n) is 0.966. The molecule has 1 rings (SSSR count). The molecular weight excluding hydrogens is 160 g/mol. The van der Waals surface area contributed by atoms with Gasteiger partial charge in [-0.2, -0.15) is 0 Å². The first-order valence-electron chi connectivity index (χ1n) is 3.73. The van der Waals surface area contributed by atoms with Gasteiger partial charge in [-0.1, -0.05) is 20.8 Å². The summed E-state index contributed by atoms with van der Waals surface area (Å²) in [6.07, 6.45) is 1.03. The Bertz CT molecular complexity index is 289. The van der Waals surface area contributed by atoms with E-state index in [-0.39, 0.29) is 5.41 Å². The fraction of sp³-hybridized carbons (Fsp3) is 0.444. The Balaban J connectivity index is 3.19. The SMILES string of the molecule is CC(C)(C)c1ncc(F)cc1F. The van der Waals surface area contributed by atoms with Gasteiger partial charge in [0.2, 0.25) is 0 Å². The van der Waals surface area contributed by atoms with Gasteiger partial charge in [0.05, 0.1) is 11.9 Å². The van der Waals surface area contributed by atoms with Crippen molar-refractivity contribution < 1.29 is 8.78 Å². The van der Waals surface area contributed by atoms with Crippen molar-refractivity contribution in [1.82, 2.24) is 4.98 Å². The first kappa shape index (κ1) is 9.10. The molecule has 1 aromatic rings. The van der Waals surface area contributed by atoms with E-state index in [1.165, 1.54) is 0 Å². The average molecular weight is 171 g/mol. The summed E-state index contributed by atoms with van der Waals surface area (Å²) >= 11 is 0. The molecule has 0 saturated carbocycles. The second kappa shape index (κ2) is 2.81. The van der Waals surface area contributed by atoms with Gasteiger partial charge >= 0.3 is 0 Å². The standard InChI is InChI=1S/C9H11F2N/c1-9(2,3)8-7(11)4-6(10)5-12-8/h4-5H,1-3H3. The molecule has 0 aliphatic carbocycles. The largest absolute Gasteiger partial charge is 0.255 e. The Labute approximate surface area is 70.4 Å². The quantitative estimate of drug-likeness (QED) is 0.584. The first-order chi connectivity index (χ1) is 5.41. The maximum Gasteiger partial charge on any atom is 0.148 e. The van der Waals surface area contributed by atoms with Crippen LogP contribution in [-0.2, 0) is 5.41 Å². The van der Waals surface area contributed by atoms with Crippen LogP contribution in [0.3, 0.4) is 0 Å². The molecule has 3 heteroatoms. The van der Waals surface area contributed by atoms with Crippen molar-refractivity contribution in [3.05, 3.63) is 29.6 Å². The Morgan fingerprint density at radius 1 is 1.25 bits per heavy atom. The highest BCUT2D eigenvalue weighted by atomic mass is 19.1. The second-order valence-corrected chi connectivity index (χ2v) is 3.73. The van der Waals surface area contributed by atoms with Gasteiger partial charge in [-0.05, 0) is 0 Å². The number of nitrogens with zero attached hydrogens (tertiary/aromatic N) is 1. The third-order valence-corrected chi connectivity index (χ3v) is 1.52. The van der Waals surface area contributed by atoms with Gasteiger partial charge in [-0.25, -0.2) is 8.78 Å². The van der Waals surface area contributed by atoms with Crippen LogP contribution in [-0.4, -0.2) is 4.98 Å². The molecule has 0 amide bonds. The number of pyridine rings is 1. The molecule has 0 unspecified atom stereocenters. The van der Waals surface area contributed by atoms with Gasteiger partial charge in [0.25, 0.3) is 0 Å². The Morgan fingerprint density at radius 3 is 2.25 bits per heavy atom. The summed E-state index contributed by atoms with van der Waals surface area (Å²) in [5.41, 5.74) is -0.0819. The van der Waals surface area contributed by atoms with Gasteiger partial charge in [0.15, 0.2) is 0 Å². The number of halogens is 2. The molecule has 0 aliphatic rings. The maximum atomic E-state index is 13.0. The molecule has 0 N–H and O–H groups in total. The molecule has 0 aromatic carbocycles. The Hall–Kier alpha value is -0.990. The van der Waals surface area contributed by atoms with Crippen LogP contribution in [0.15, 0.2) is 12.3 Å². The zero-order valence-corrected chi connectivity index (χ0v) is 7.36. The van der Waals surface area contributed by atoms with Crippen molar-refractivity contribution in [3.8, 4) is 0 Å². The third-order valence-electron chi connectivity index (χ3n) is 1.52. The second-order valence-electron chi connectivity index (χ2n) is 3.73. The van der Waals surface area contributed by atoms with Crippen molar-refractivity contribution >= 4 is 0 Å². The van der Waals surface area contributed by atoms with Gasteiger partial charge in [-0.15, -0.1) is 0 Å². The van der Waals surface area contributed by atoms with E-state index in [0.717, 1.165) is 12.3 Å². The van der Waals surface area contributed by atoms with E-state index in [0.29, 0.717) is 5.69 Å². The van der Waals surface area contributed by atoms with E-state index < -0.39 is 11.6 Å².